The number of fused-ring (bicyclic) bond motifs is 7. The third-order valence-electron chi connectivity index (χ3n) is 10.7. The van der Waals surface area contributed by atoms with Crippen molar-refractivity contribution >= 4 is 54.3 Å². The normalized spacial score (nSPS) is 11.6. The SMILES string of the molecule is c1ccc(-c2nc(-c3ccc4ccccc4c3)nc(-c3cc4c5cc(-c6ccc(-c7ccc8ccccc8c7)cc6)ccc5oc4c4ccccc34)n2)cc1. The molecular formula is C51H31N3O. The zero-order valence-corrected chi connectivity index (χ0v) is 29.6. The van der Waals surface area contributed by atoms with Crippen LogP contribution in [0.5, 0.6) is 0 Å². The molecular weight excluding hydrogens is 671 g/mol. The lowest BCUT2D eigenvalue weighted by atomic mass is 9.96. The first kappa shape index (κ1) is 31.1. The molecule has 0 bridgehead atoms. The molecule has 0 saturated heterocycles. The van der Waals surface area contributed by atoms with Gasteiger partial charge in [-0.05, 0) is 79.5 Å². The Kier molecular flexibility index (Phi) is 7.14. The summed E-state index contributed by atoms with van der Waals surface area (Å²) in [6.45, 7) is 0. The molecule has 0 radical (unpaired) electrons. The van der Waals surface area contributed by atoms with E-state index in [0.717, 1.165) is 65.9 Å². The molecule has 0 unspecified atom stereocenters. The molecule has 2 aromatic heterocycles. The van der Waals surface area contributed by atoms with Crippen molar-refractivity contribution in [2.45, 2.75) is 0 Å². The van der Waals surface area contributed by atoms with Gasteiger partial charge in [0.05, 0.1) is 0 Å². The summed E-state index contributed by atoms with van der Waals surface area (Å²) < 4.78 is 6.63. The van der Waals surface area contributed by atoms with Crippen LogP contribution in [-0.4, -0.2) is 15.0 Å². The van der Waals surface area contributed by atoms with Crippen LogP contribution in [-0.2, 0) is 0 Å². The maximum Gasteiger partial charge on any atom is 0.164 e. The maximum absolute atomic E-state index is 6.63. The summed E-state index contributed by atoms with van der Waals surface area (Å²) in [5.74, 6) is 1.87. The van der Waals surface area contributed by atoms with Crippen molar-refractivity contribution in [2.24, 2.45) is 0 Å². The smallest absolute Gasteiger partial charge is 0.164 e. The van der Waals surface area contributed by atoms with Gasteiger partial charge >= 0.3 is 0 Å². The molecule has 11 aromatic rings. The van der Waals surface area contributed by atoms with Crippen molar-refractivity contribution in [1.82, 2.24) is 15.0 Å². The Hall–Kier alpha value is -7.43. The molecule has 0 N–H and O–H groups in total. The van der Waals surface area contributed by atoms with Crippen molar-refractivity contribution in [3.8, 4) is 56.4 Å². The topological polar surface area (TPSA) is 51.8 Å². The van der Waals surface area contributed by atoms with Gasteiger partial charge in [-0.3, -0.25) is 0 Å². The standard InChI is InChI=1S/C51H31N3O/c1-2-12-36(13-3-1)49-52-50(41-25-23-33-11-5-7-15-38(33)29-41)54-51(53-49)46-31-45-44-30-40(26-27-47(44)55-48(45)43-17-9-8-16-42(43)46)35-20-18-34(19-21-35)39-24-22-32-10-4-6-14-37(32)28-39/h1-31H. The van der Waals surface area contributed by atoms with Gasteiger partial charge in [-0.2, -0.15) is 0 Å². The minimum Gasteiger partial charge on any atom is -0.455 e. The molecule has 0 aliphatic heterocycles. The van der Waals surface area contributed by atoms with E-state index in [1.54, 1.807) is 0 Å². The largest absolute Gasteiger partial charge is 0.455 e. The van der Waals surface area contributed by atoms with E-state index >= 15 is 0 Å². The molecule has 4 heteroatoms. The van der Waals surface area contributed by atoms with Gasteiger partial charge in [-0.1, -0.05) is 158 Å². The summed E-state index contributed by atoms with van der Waals surface area (Å²) in [6, 6.07) is 65.9. The van der Waals surface area contributed by atoms with Crippen LogP contribution < -0.4 is 0 Å². The van der Waals surface area contributed by atoms with Crippen LogP contribution >= 0.6 is 0 Å². The monoisotopic (exact) mass is 701 g/mol. The van der Waals surface area contributed by atoms with Crippen LogP contribution in [0.2, 0.25) is 0 Å². The first-order valence-corrected chi connectivity index (χ1v) is 18.5. The third-order valence-corrected chi connectivity index (χ3v) is 10.7. The van der Waals surface area contributed by atoms with Gasteiger partial charge < -0.3 is 4.42 Å². The van der Waals surface area contributed by atoms with Gasteiger partial charge in [0.25, 0.3) is 0 Å². The zero-order chi connectivity index (χ0) is 36.3. The molecule has 0 spiro atoms. The van der Waals surface area contributed by atoms with Crippen LogP contribution in [0.25, 0.3) is 111 Å². The molecule has 256 valence electrons. The number of furan rings is 1. The Balaban J connectivity index is 1.07. The molecule has 9 aromatic carbocycles. The predicted molar refractivity (Wildman–Crippen MR) is 227 cm³/mol. The van der Waals surface area contributed by atoms with E-state index in [0.29, 0.717) is 17.5 Å². The fraction of sp³-hybridized carbons (Fsp3) is 0. The van der Waals surface area contributed by atoms with Gasteiger partial charge in [0.2, 0.25) is 0 Å². The lowest BCUT2D eigenvalue weighted by Crippen LogP contribution is -2.00. The second-order valence-electron chi connectivity index (χ2n) is 14.0. The molecule has 0 aliphatic rings. The fourth-order valence-electron chi connectivity index (χ4n) is 7.86. The highest BCUT2D eigenvalue weighted by atomic mass is 16.3. The Morgan fingerprint density at radius 3 is 1.51 bits per heavy atom. The average Bonchev–Trinajstić information content (AvgIpc) is 3.64. The molecule has 11 rings (SSSR count). The van der Waals surface area contributed by atoms with E-state index in [1.165, 1.54) is 27.3 Å². The van der Waals surface area contributed by atoms with Gasteiger partial charge in [0.15, 0.2) is 17.5 Å². The molecule has 0 atom stereocenters. The van der Waals surface area contributed by atoms with Crippen molar-refractivity contribution in [1.29, 1.82) is 0 Å². The second kappa shape index (κ2) is 12.6. The maximum atomic E-state index is 6.63. The Labute approximate surface area is 317 Å². The minimum atomic E-state index is 0.616. The van der Waals surface area contributed by atoms with Crippen molar-refractivity contribution in [2.75, 3.05) is 0 Å². The lowest BCUT2D eigenvalue weighted by molar-refractivity contribution is 0.673. The van der Waals surface area contributed by atoms with Crippen LogP contribution in [0.15, 0.2) is 192 Å². The first-order valence-electron chi connectivity index (χ1n) is 18.5. The number of aromatic nitrogens is 3. The average molecular weight is 702 g/mol. The molecule has 0 saturated carbocycles. The number of hydrogen-bond donors (Lipinski definition) is 0. The predicted octanol–water partition coefficient (Wildman–Crippen LogP) is 13.6. The van der Waals surface area contributed by atoms with Crippen molar-refractivity contribution < 1.29 is 4.42 Å². The molecule has 0 fully saturated rings. The van der Waals surface area contributed by atoms with Crippen LogP contribution in [0.4, 0.5) is 0 Å². The quantitative estimate of drug-likeness (QED) is 0.179. The molecule has 0 amide bonds. The summed E-state index contributed by atoms with van der Waals surface area (Å²) in [5, 5.41) is 8.90. The third kappa shape index (κ3) is 5.43. The Morgan fingerprint density at radius 2 is 0.800 bits per heavy atom. The zero-order valence-electron chi connectivity index (χ0n) is 29.6. The summed E-state index contributed by atoms with van der Waals surface area (Å²) in [5.41, 5.74) is 9.16. The fourth-order valence-corrected chi connectivity index (χ4v) is 7.86. The number of hydrogen-bond acceptors (Lipinski definition) is 4. The summed E-state index contributed by atoms with van der Waals surface area (Å²) >= 11 is 0. The van der Waals surface area contributed by atoms with Crippen LogP contribution in [0, 0.1) is 0 Å². The second-order valence-corrected chi connectivity index (χ2v) is 14.0. The summed E-state index contributed by atoms with van der Waals surface area (Å²) in [4.78, 5) is 15.4. The van der Waals surface area contributed by atoms with E-state index in [9.17, 15) is 0 Å². The lowest BCUT2D eigenvalue weighted by Gasteiger charge is -2.11. The van der Waals surface area contributed by atoms with Crippen molar-refractivity contribution in [3.05, 3.63) is 188 Å². The number of benzene rings is 9. The molecule has 2 heterocycles. The Bertz CT molecular complexity index is 3260. The highest BCUT2D eigenvalue weighted by Crippen LogP contribution is 2.41. The summed E-state index contributed by atoms with van der Waals surface area (Å²) in [6.07, 6.45) is 0. The number of rotatable bonds is 5. The van der Waals surface area contributed by atoms with E-state index in [4.69, 9.17) is 19.4 Å². The highest BCUT2D eigenvalue weighted by Gasteiger charge is 2.19. The van der Waals surface area contributed by atoms with Gasteiger partial charge in [-0.25, -0.2) is 15.0 Å². The van der Waals surface area contributed by atoms with E-state index in [-0.39, 0.29) is 0 Å². The molecule has 55 heavy (non-hydrogen) atoms. The van der Waals surface area contributed by atoms with Crippen LogP contribution in [0.3, 0.4) is 0 Å². The van der Waals surface area contributed by atoms with Gasteiger partial charge in [0, 0.05) is 32.8 Å². The van der Waals surface area contributed by atoms with Gasteiger partial charge in [0.1, 0.15) is 11.2 Å². The van der Waals surface area contributed by atoms with E-state index < -0.39 is 0 Å². The molecule has 0 aliphatic carbocycles. The Morgan fingerprint density at radius 1 is 0.291 bits per heavy atom. The minimum absolute atomic E-state index is 0.616. The number of nitrogens with zero attached hydrogens (tertiary/aromatic N) is 3. The highest BCUT2D eigenvalue weighted by molar-refractivity contribution is 6.19. The van der Waals surface area contributed by atoms with Gasteiger partial charge in [-0.15, -0.1) is 0 Å². The van der Waals surface area contributed by atoms with E-state index in [1.807, 2.05) is 30.3 Å². The molecule has 4 nitrogen and oxygen atoms in total. The van der Waals surface area contributed by atoms with Crippen molar-refractivity contribution in [3.63, 3.8) is 0 Å². The summed E-state index contributed by atoms with van der Waals surface area (Å²) in [7, 11) is 0. The van der Waals surface area contributed by atoms with E-state index in [2.05, 4.69) is 158 Å². The first-order chi connectivity index (χ1) is 27.2. The van der Waals surface area contributed by atoms with Crippen LogP contribution in [0.1, 0.15) is 0 Å².